The summed E-state index contributed by atoms with van der Waals surface area (Å²) in [4.78, 5) is 9.90. The molecule has 1 aromatic heterocycles. The summed E-state index contributed by atoms with van der Waals surface area (Å²) in [5.74, 6) is 0.518. The van der Waals surface area contributed by atoms with Gasteiger partial charge in [-0.3, -0.25) is 4.99 Å². The van der Waals surface area contributed by atoms with Gasteiger partial charge in [-0.2, -0.15) is 0 Å². The quantitative estimate of drug-likeness (QED) is 0.387. The number of guanidine groups is 1. The lowest BCUT2D eigenvalue weighted by molar-refractivity contribution is 0.503. The van der Waals surface area contributed by atoms with Crippen molar-refractivity contribution in [1.29, 1.82) is 0 Å². The molecule has 1 heterocycles. The zero-order valence-corrected chi connectivity index (χ0v) is 18.5. The van der Waals surface area contributed by atoms with Gasteiger partial charge in [-0.1, -0.05) is 26.0 Å². The number of nitrogens with one attached hydrogen (secondary N) is 2. The van der Waals surface area contributed by atoms with E-state index in [0.717, 1.165) is 22.2 Å². The van der Waals surface area contributed by atoms with Crippen LogP contribution in [-0.4, -0.2) is 24.5 Å². The van der Waals surface area contributed by atoms with E-state index in [1.165, 1.54) is 10.9 Å². The summed E-state index contributed by atoms with van der Waals surface area (Å²) in [5, 5.41) is 7.70. The SMILES string of the molecule is CN=C(NCc1sc(C)nc1C)NCC(C)(C)c1cccc(F)c1.I. The first-order valence-electron chi connectivity index (χ1n) is 7.95. The lowest BCUT2D eigenvalue weighted by Gasteiger charge is -2.26. The maximum absolute atomic E-state index is 13.4. The largest absolute Gasteiger partial charge is 0.356 e. The van der Waals surface area contributed by atoms with Crippen LogP contribution in [0.2, 0.25) is 0 Å². The third-order valence-electron chi connectivity index (χ3n) is 3.94. The highest BCUT2D eigenvalue weighted by atomic mass is 127. The van der Waals surface area contributed by atoms with Gasteiger partial charge in [0.05, 0.1) is 17.2 Å². The van der Waals surface area contributed by atoms with Crippen LogP contribution in [0, 0.1) is 19.7 Å². The Morgan fingerprint density at radius 2 is 2.00 bits per heavy atom. The number of halogens is 2. The van der Waals surface area contributed by atoms with E-state index in [9.17, 15) is 4.39 Å². The normalized spacial score (nSPS) is 11.8. The van der Waals surface area contributed by atoms with Crippen LogP contribution in [0.5, 0.6) is 0 Å². The van der Waals surface area contributed by atoms with Gasteiger partial charge in [0.25, 0.3) is 0 Å². The van der Waals surface area contributed by atoms with Gasteiger partial charge >= 0.3 is 0 Å². The highest BCUT2D eigenvalue weighted by Gasteiger charge is 2.21. The van der Waals surface area contributed by atoms with Gasteiger partial charge < -0.3 is 10.6 Å². The molecule has 0 saturated carbocycles. The molecule has 7 heteroatoms. The van der Waals surface area contributed by atoms with E-state index in [0.29, 0.717) is 13.1 Å². The van der Waals surface area contributed by atoms with E-state index in [-0.39, 0.29) is 35.2 Å². The van der Waals surface area contributed by atoms with Crippen molar-refractivity contribution in [3.63, 3.8) is 0 Å². The molecule has 2 N–H and O–H groups in total. The lowest BCUT2D eigenvalue weighted by Crippen LogP contribution is -2.43. The molecule has 0 aliphatic carbocycles. The van der Waals surface area contributed by atoms with Gasteiger partial charge in [-0.15, -0.1) is 35.3 Å². The number of benzene rings is 1. The maximum atomic E-state index is 13.4. The van der Waals surface area contributed by atoms with Crippen molar-refractivity contribution in [3.8, 4) is 0 Å². The van der Waals surface area contributed by atoms with E-state index in [1.807, 2.05) is 19.9 Å². The van der Waals surface area contributed by atoms with Gasteiger partial charge in [0.15, 0.2) is 5.96 Å². The first-order valence-corrected chi connectivity index (χ1v) is 8.77. The number of thiazole rings is 1. The lowest BCUT2D eigenvalue weighted by atomic mass is 9.84. The molecule has 0 bridgehead atoms. The second kappa shape index (κ2) is 9.47. The average Bonchev–Trinajstić information content (AvgIpc) is 2.85. The maximum Gasteiger partial charge on any atom is 0.191 e. The van der Waals surface area contributed by atoms with Crippen molar-refractivity contribution in [2.24, 2.45) is 4.99 Å². The number of rotatable bonds is 5. The summed E-state index contributed by atoms with van der Waals surface area (Å²) < 4.78 is 13.4. The fourth-order valence-electron chi connectivity index (χ4n) is 2.44. The van der Waals surface area contributed by atoms with Crippen molar-refractivity contribution in [2.75, 3.05) is 13.6 Å². The van der Waals surface area contributed by atoms with Crippen LogP contribution in [0.4, 0.5) is 4.39 Å². The van der Waals surface area contributed by atoms with E-state index >= 15 is 0 Å². The first-order chi connectivity index (χ1) is 11.3. The molecular weight excluding hydrogens is 450 g/mol. The minimum atomic E-state index is -0.212. The number of hydrogen-bond donors (Lipinski definition) is 2. The van der Waals surface area contributed by atoms with E-state index in [1.54, 1.807) is 30.5 Å². The molecule has 0 amide bonds. The molecule has 0 unspecified atom stereocenters. The van der Waals surface area contributed by atoms with Gasteiger partial charge in [0.1, 0.15) is 5.82 Å². The van der Waals surface area contributed by atoms with Gasteiger partial charge in [0.2, 0.25) is 0 Å². The van der Waals surface area contributed by atoms with Crippen molar-refractivity contribution in [1.82, 2.24) is 15.6 Å². The highest BCUT2D eigenvalue weighted by molar-refractivity contribution is 14.0. The van der Waals surface area contributed by atoms with Crippen molar-refractivity contribution >= 4 is 41.3 Å². The molecule has 4 nitrogen and oxygen atoms in total. The molecule has 0 atom stereocenters. The van der Waals surface area contributed by atoms with Crippen LogP contribution in [-0.2, 0) is 12.0 Å². The minimum Gasteiger partial charge on any atom is -0.356 e. The predicted molar refractivity (Wildman–Crippen MR) is 115 cm³/mol. The molecule has 2 rings (SSSR count). The summed E-state index contributed by atoms with van der Waals surface area (Å²) in [6.07, 6.45) is 0. The average molecular weight is 476 g/mol. The number of aromatic nitrogens is 1. The Labute approximate surface area is 170 Å². The molecule has 0 saturated heterocycles. The zero-order chi connectivity index (χ0) is 17.7. The van der Waals surface area contributed by atoms with Crippen molar-refractivity contribution in [3.05, 3.63) is 51.2 Å². The van der Waals surface area contributed by atoms with E-state index < -0.39 is 0 Å². The second-order valence-corrected chi connectivity index (χ2v) is 7.70. The summed E-state index contributed by atoms with van der Waals surface area (Å²) in [7, 11) is 1.75. The molecule has 0 aliphatic heterocycles. The molecule has 0 fully saturated rings. The molecule has 2 aromatic rings. The van der Waals surface area contributed by atoms with Crippen LogP contribution in [0.1, 0.15) is 35.0 Å². The fraction of sp³-hybridized carbons (Fsp3) is 0.444. The number of nitrogens with zero attached hydrogens (tertiary/aromatic N) is 2. The third-order valence-corrected chi connectivity index (χ3v) is 5.02. The summed E-state index contributed by atoms with van der Waals surface area (Å²) in [6.45, 7) is 9.53. The van der Waals surface area contributed by atoms with E-state index in [2.05, 4.69) is 34.5 Å². The van der Waals surface area contributed by atoms with Crippen LogP contribution in [0.3, 0.4) is 0 Å². The fourth-order valence-corrected chi connectivity index (χ4v) is 3.32. The third kappa shape index (κ3) is 6.22. The summed E-state index contributed by atoms with van der Waals surface area (Å²) in [5.41, 5.74) is 1.80. The highest BCUT2D eigenvalue weighted by Crippen LogP contribution is 2.22. The topological polar surface area (TPSA) is 49.3 Å². The monoisotopic (exact) mass is 476 g/mol. The standard InChI is InChI=1S/C18H25FN4S.HI/c1-12-16(24-13(2)23-12)10-21-17(20-5)22-11-18(3,4)14-7-6-8-15(19)9-14;/h6-9H,10-11H2,1-5H3,(H2,20,21,22);1H. The molecule has 0 radical (unpaired) electrons. The van der Waals surface area contributed by atoms with Crippen LogP contribution < -0.4 is 10.6 Å². The molecule has 0 spiro atoms. The second-order valence-electron chi connectivity index (χ2n) is 6.42. The van der Waals surface area contributed by atoms with Crippen LogP contribution in [0.15, 0.2) is 29.3 Å². The van der Waals surface area contributed by atoms with Crippen molar-refractivity contribution in [2.45, 2.75) is 39.7 Å². The first kappa shape index (κ1) is 21.8. The Kier molecular flexibility index (Phi) is 8.27. The zero-order valence-electron chi connectivity index (χ0n) is 15.3. The summed E-state index contributed by atoms with van der Waals surface area (Å²) >= 11 is 1.69. The van der Waals surface area contributed by atoms with Gasteiger partial charge in [0, 0.05) is 23.9 Å². The predicted octanol–water partition coefficient (Wildman–Crippen LogP) is 4.16. The van der Waals surface area contributed by atoms with Crippen molar-refractivity contribution < 1.29 is 4.39 Å². The number of aliphatic imine (C=N–C) groups is 1. The molecule has 0 aliphatic rings. The Hall–Kier alpha value is -1.22. The molecule has 138 valence electrons. The molecule has 1 aromatic carbocycles. The Bertz CT molecular complexity index is 728. The minimum absolute atomic E-state index is 0. The van der Waals surface area contributed by atoms with E-state index in [4.69, 9.17) is 0 Å². The Balaban J connectivity index is 0.00000312. The molecule has 25 heavy (non-hydrogen) atoms. The van der Waals surface area contributed by atoms with Gasteiger partial charge in [-0.05, 0) is 31.5 Å². The number of aryl methyl sites for hydroxylation is 2. The Morgan fingerprint density at radius 1 is 1.28 bits per heavy atom. The van der Waals surface area contributed by atoms with Crippen LogP contribution >= 0.6 is 35.3 Å². The van der Waals surface area contributed by atoms with Crippen LogP contribution in [0.25, 0.3) is 0 Å². The number of hydrogen-bond acceptors (Lipinski definition) is 3. The molecular formula is C18H26FIN4S. The van der Waals surface area contributed by atoms with Gasteiger partial charge in [-0.25, -0.2) is 9.37 Å². The summed E-state index contributed by atoms with van der Waals surface area (Å²) in [6, 6.07) is 6.74. The Morgan fingerprint density at radius 3 is 2.56 bits per heavy atom. The smallest absolute Gasteiger partial charge is 0.191 e.